The lowest BCUT2D eigenvalue weighted by Gasteiger charge is -2.26. The van der Waals surface area contributed by atoms with Gasteiger partial charge in [0.1, 0.15) is 17.5 Å². The van der Waals surface area contributed by atoms with Crippen molar-refractivity contribution in [1.29, 1.82) is 0 Å². The average Bonchev–Trinajstić information content (AvgIpc) is 3.04. The van der Waals surface area contributed by atoms with Crippen molar-refractivity contribution in [3.05, 3.63) is 88.6 Å². The van der Waals surface area contributed by atoms with Crippen LogP contribution in [0, 0.1) is 19.7 Å². The van der Waals surface area contributed by atoms with E-state index in [0.717, 1.165) is 54.4 Å². The summed E-state index contributed by atoms with van der Waals surface area (Å²) in [5.74, 6) is 1.54. The number of carbonyl (C=O) groups is 1. The maximum absolute atomic E-state index is 13.2. The lowest BCUT2D eigenvalue weighted by atomic mass is 10.0. The molecule has 6 heteroatoms. The molecular formula is C26H29FN4O. The molecule has 166 valence electrons. The lowest BCUT2D eigenvalue weighted by Crippen LogP contribution is -2.36. The van der Waals surface area contributed by atoms with Crippen LogP contribution < -0.4 is 4.90 Å². The van der Waals surface area contributed by atoms with Gasteiger partial charge in [0.05, 0.1) is 6.42 Å². The Balaban J connectivity index is 1.49. The number of hydrogen-bond acceptors (Lipinski definition) is 4. The number of carbonyl (C=O) groups excluding carboxylic acids is 1. The molecule has 0 N–H and O–H groups in total. The first-order valence-electron chi connectivity index (χ1n) is 11.1. The summed E-state index contributed by atoms with van der Waals surface area (Å²) in [4.78, 5) is 26.5. The maximum Gasteiger partial charge on any atom is 0.227 e. The summed E-state index contributed by atoms with van der Waals surface area (Å²) < 4.78 is 13.2. The van der Waals surface area contributed by atoms with Crippen LogP contribution in [0.3, 0.4) is 0 Å². The summed E-state index contributed by atoms with van der Waals surface area (Å²) in [6, 6.07) is 16.5. The molecule has 2 aromatic carbocycles. The number of nitrogens with zero attached hydrogens (tertiary/aromatic N) is 4. The van der Waals surface area contributed by atoms with Crippen LogP contribution in [0.2, 0.25) is 0 Å². The van der Waals surface area contributed by atoms with E-state index in [9.17, 15) is 9.18 Å². The summed E-state index contributed by atoms with van der Waals surface area (Å²) in [5.41, 5.74) is 4.22. The van der Waals surface area contributed by atoms with Gasteiger partial charge in [-0.05, 0) is 43.5 Å². The van der Waals surface area contributed by atoms with E-state index in [1.54, 1.807) is 12.1 Å². The molecule has 1 saturated heterocycles. The Morgan fingerprint density at radius 3 is 2.41 bits per heavy atom. The molecule has 0 atom stereocenters. The molecule has 2 heterocycles. The molecule has 5 nitrogen and oxygen atoms in total. The van der Waals surface area contributed by atoms with Gasteiger partial charge in [0.15, 0.2) is 0 Å². The molecule has 0 spiro atoms. The average molecular weight is 433 g/mol. The second-order valence-corrected chi connectivity index (χ2v) is 8.35. The Bertz CT molecular complexity index is 1070. The first kappa shape index (κ1) is 21.9. The summed E-state index contributed by atoms with van der Waals surface area (Å²) in [6.45, 7) is 6.91. The van der Waals surface area contributed by atoms with Crippen molar-refractivity contribution in [2.75, 3.05) is 31.1 Å². The molecule has 0 unspecified atom stereocenters. The van der Waals surface area contributed by atoms with E-state index in [-0.39, 0.29) is 11.7 Å². The summed E-state index contributed by atoms with van der Waals surface area (Å²) in [5, 5.41) is 0. The second kappa shape index (κ2) is 9.90. The SMILES string of the molecule is Cc1nc(C)c(Cc2ccccc2)c(N2CCCN(C(=O)Cc3ccc(F)cc3)CC2)n1. The van der Waals surface area contributed by atoms with Crippen LogP contribution in [-0.2, 0) is 17.6 Å². The van der Waals surface area contributed by atoms with Crippen molar-refractivity contribution in [3.8, 4) is 0 Å². The molecule has 0 aliphatic carbocycles. The first-order valence-corrected chi connectivity index (χ1v) is 11.1. The number of aromatic nitrogens is 2. The third kappa shape index (κ3) is 5.31. The molecule has 4 rings (SSSR count). The molecule has 3 aromatic rings. The summed E-state index contributed by atoms with van der Waals surface area (Å²) in [6.07, 6.45) is 1.96. The predicted molar refractivity (Wildman–Crippen MR) is 124 cm³/mol. The zero-order valence-electron chi connectivity index (χ0n) is 18.7. The van der Waals surface area contributed by atoms with Gasteiger partial charge in [-0.15, -0.1) is 0 Å². The Hall–Kier alpha value is -3.28. The fourth-order valence-corrected chi connectivity index (χ4v) is 4.25. The minimum Gasteiger partial charge on any atom is -0.354 e. The van der Waals surface area contributed by atoms with Gasteiger partial charge < -0.3 is 9.80 Å². The highest BCUT2D eigenvalue weighted by atomic mass is 19.1. The zero-order chi connectivity index (χ0) is 22.5. The molecule has 1 amide bonds. The van der Waals surface area contributed by atoms with Crippen LogP contribution in [-0.4, -0.2) is 47.0 Å². The Morgan fingerprint density at radius 1 is 0.906 bits per heavy atom. The Labute approximate surface area is 188 Å². The standard InChI is InChI=1S/C26H29FN4O/c1-19-24(17-21-7-4-3-5-8-21)26(29-20(2)28-19)31-14-6-13-30(15-16-31)25(32)18-22-9-11-23(27)12-10-22/h3-5,7-12H,6,13-18H2,1-2H3. The molecule has 0 saturated carbocycles. The normalized spacial score (nSPS) is 14.3. The van der Waals surface area contributed by atoms with Crippen molar-refractivity contribution in [1.82, 2.24) is 14.9 Å². The number of benzene rings is 2. The van der Waals surface area contributed by atoms with Crippen molar-refractivity contribution >= 4 is 11.7 Å². The topological polar surface area (TPSA) is 49.3 Å². The summed E-state index contributed by atoms with van der Waals surface area (Å²) >= 11 is 0. The minimum atomic E-state index is -0.284. The zero-order valence-corrected chi connectivity index (χ0v) is 18.7. The van der Waals surface area contributed by atoms with Crippen LogP contribution in [0.25, 0.3) is 0 Å². The van der Waals surface area contributed by atoms with Crippen LogP contribution in [0.5, 0.6) is 0 Å². The molecule has 1 aliphatic heterocycles. The van der Waals surface area contributed by atoms with Crippen LogP contribution in [0.15, 0.2) is 54.6 Å². The van der Waals surface area contributed by atoms with E-state index in [0.29, 0.717) is 19.5 Å². The predicted octanol–water partition coefficient (Wildman–Crippen LogP) is 4.10. The van der Waals surface area contributed by atoms with E-state index >= 15 is 0 Å². The largest absolute Gasteiger partial charge is 0.354 e. The lowest BCUT2D eigenvalue weighted by molar-refractivity contribution is -0.130. The number of amides is 1. The van der Waals surface area contributed by atoms with E-state index in [1.807, 2.05) is 24.8 Å². The quantitative estimate of drug-likeness (QED) is 0.609. The molecule has 1 aliphatic rings. The van der Waals surface area contributed by atoms with Gasteiger partial charge in [-0.2, -0.15) is 0 Å². The van der Waals surface area contributed by atoms with E-state index in [1.165, 1.54) is 17.7 Å². The minimum absolute atomic E-state index is 0.0815. The third-order valence-corrected chi connectivity index (χ3v) is 5.94. The van der Waals surface area contributed by atoms with Gasteiger partial charge >= 0.3 is 0 Å². The van der Waals surface area contributed by atoms with Gasteiger partial charge in [-0.3, -0.25) is 4.79 Å². The Morgan fingerprint density at radius 2 is 1.66 bits per heavy atom. The fourth-order valence-electron chi connectivity index (χ4n) is 4.25. The second-order valence-electron chi connectivity index (χ2n) is 8.35. The molecule has 32 heavy (non-hydrogen) atoms. The fraction of sp³-hybridized carbons (Fsp3) is 0.346. The number of rotatable bonds is 5. The van der Waals surface area contributed by atoms with E-state index < -0.39 is 0 Å². The number of hydrogen-bond donors (Lipinski definition) is 0. The highest BCUT2D eigenvalue weighted by Gasteiger charge is 2.23. The van der Waals surface area contributed by atoms with Crippen LogP contribution in [0.4, 0.5) is 10.2 Å². The smallest absolute Gasteiger partial charge is 0.227 e. The Kier molecular flexibility index (Phi) is 6.78. The van der Waals surface area contributed by atoms with Crippen molar-refractivity contribution in [2.45, 2.75) is 33.1 Å². The third-order valence-electron chi connectivity index (χ3n) is 5.94. The monoisotopic (exact) mass is 432 g/mol. The van der Waals surface area contributed by atoms with E-state index in [4.69, 9.17) is 4.98 Å². The van der Waals surface area contributed by atoms with Crippen molar-refractivity contribution < 1.29 is 9.18 Å². The van der Waals surface area contributed by atoms with Gasteiger partial charge in [0, 0.05) is 43.9 Å². The molecule has 1 fully saturated rings. The molecule has 1 aromatic heterocycles. The maximum atomic E-state index is 13.2. The van der Waals surface area contributed by atoms with Gasteiger partial charge in [-0.25, -0.2) is 14.4 Å². The van der Waals surface area contributed by atoms with Crippen LogP contribution in [0.1, 0.15) is 34.6 Å². The number of halogens is 1. The number of aryl methyl sites for hydroxylation is 2. The van der Waals surface area contributed by atoms with E-state index in [2.05, 4.69) is 34.1 Å². The van der Waals surface area contributed by atoms with Crippen molar-refractivity contribution in [3.63, 3.8) is 0 Å². The highest BCUT2D eigenvalue weighted by Crippen LogP contribution is 2.25. The van der Waals surface area contributed by atoms with Crippen LogP contribution >= 0.6 is 0 Å². The summed E-state index contributed by atoms with van der Waals surface area (Å²) in [7, 11) is 0. The van der Waals surface area contributed by atoms with Crippen molar-refractivity contribution in [2.24, 2.45) is 0 Å². The van der Waals surface area contributed by atoms with Gasteiger partial charge in [0.2, 0.25) is 5.91 Å². The molecular weight excluding hydrogens is 403 g/mol. The van der Waals surface area contributed by atoms with Gasteiger partial charge in [-0.1, -0.05) is 42.5 Å². The molecule has 0 radical (unpaired) electrons. The highest BCUT2D eigenvalue weighted by molar-refractivity contribution is 5.79. The molecule has 0 bridgehead atoms. The first-order chi connectivity index (χ1) is 15.5. The van der Waals surface area contributed by atoms with Gasteiger partial charge in [0.25, 0.3) is 0 Å². The number of anilines is 1.